The minimum atomic E-state index is 0.341. The minimum absolute atomic E-state index is 0.341. The smallest absolute Gasteiger partial charge is 0.240 e. The van der Waals surface area contributed by atoms with Gasteiger partial charge in [-0.25, -0.2) is 0 Å². The number of nitrogen functional groups attached to an aromatic ring is 1. The van der Waals surface area contributed by atoms with Crippen molar-refractivity contribution in [1.29, 1.82) is 5.26 Å². The first-order valence-corrected chi connectivity index (χ1v) is 6.31. The van der Waals surface area contributed by atoms with Crippen molar-refractivity contribution in [1.82, 2.24) is 4.98 Å². The molecule has 1 aromatic heterocycles. The molecule has 0 fully saturated rings. The summed E-state index contributed by atoms with van der Waals surface area (Å²) in [4.78, 5) is 4.20. The second-order valence-electron chi connectivity index (χ2n) is 4.10. The molecule has 0 saturated carbocycles. The number of pyridine rings is 1. The van der Waals surface area contributed by atoms with Gasteiger partial charge in [0.1, 0.15) is 11.8 Å². The van der Waals surface area contributed by atoms with Crippen molar-refractivity contribution in [3.8, 4) is 23.6 Å². The monoisotopic (exact) mass is 269 g/mol. The number of anilines is 1. The molecule has 1 aromatic carbocycles. The number of rotatable bonds is 5. The fraction of sp³-hybridized carbons (Fsp3) is 0.200. The van der Waals surface area contributed by atoms with Crippen LogP contribution < -0.4 is 15.2 Å². The summed E-state index contributed by atoms with van der Waals surface area (Å²) in [5, 5.41) is 9.02. The number of nitrogens with zero attached hydrogens (tertiary/aromatic N) is 2. The predicted molar refractivity (Wildman–Crippen MR) is 75.7 cm³/mol. The maximum Gasteiger partial charge on any atom is 0.240 e. The molecule has 5 nitrogen and oxygen atoms in total. The summed E-state index contributed by atoms with van der Waals surface area (Å²) < 4.78 is 11.0. The molecule has 0 aliphatic carbocycles. The Labute approximate surface area is 117 Å². The van der Waals surface area contributed by atoms with Gasteiger partial charge in [-0.3, -0.25) is 0 Å². The molecule has 2 N–H and O–H groups in total. The van der Waals surface area contributed by atoms with Crippen molar-refractivity contribution in [2.45, 2.75) is 13.3 Å². The average molecular weight is 269 g/mol. The van der Waals surface area contributed by atoms with Crippen molar-refractivity contribution in [2.24, 2.45) is 0 Å². The molecule has 5 heteroatoms. The summed E-state index contributed by atoms with van der Waals surface area (Å²) in [7, 11) is 0. The highest BCUT2D eigenvalue weighted by atomic mass is 16.5. The summed E-state index contributed by atoms with van der Waals surface area (Å²) in [5.74, 6) is 1.14. The van der Waals surface area contributed by atoms with Crippen LogP contribution in [0.15, 0.2) is 36.4 Å². The van der Waals surface area contributed by atoms with Gasteiger partial charge in [0, 0.05) is 6.07 Å². The van der Waals surface area contributed by atoms with Crippen LogP contribution in [0.5, 0.6) is 17.5 Å². The van der Waals surface area contributed by atoms with Crippen LogP contribution in [0.2, 0.25) is 0 Å². The number of hydrogen-bond donors (Lipinski definition) is 1. The van der Waals surface area contributed by atoms with E-state index >= 15 is 0 Å². The lowest BCUT2D eigenvalue weighted by Gasteiger charge is -2.10. The second kappa shape index (κ2) is 6.43. The first-order valence-electron chi connectivity index (χ1n) is 6.31. The number of aromatic nitrogens is 1. The van der Waals surface area contributed by atoms with Gasteiger partial charge >= 0.3 is 0 Å². The van der Waals surface area contributed by atoms with Crippen molar-refractivity contribution in [2.75, 3.05) is 12.3 Å². The first-order chi connectivity index (χ1) is 9.74. The summed E-state index contributed by atoms with van der Waals surface area (Å²) in [6.45, 7) is 2.54. The standard InChI is InChI=1S/C15H15N3O2/c1-2-9-19-15-12(17)7-8-14(18-15)20-13-6-4-3-5-11(13)10-16/h3-8H,2,9,17H2,1H3. The highest BCUT2D eigenvalue weighted by Crippen LogP contribution is 2.27. The summed E-state index contributed by atoms with van der Waals surface area (Å²) in [6.07, 6.45) is 0.865. The Hall–Kier alpha value is -2.74. The van der Waals surface area contributed by atoms with E-state index in [1.807, 2.05) is 6.92 Å². The van der Waals surface area contributed by atoms with E-state index < -0.39 is 0 Å². The average Bonchev–Trinajstić information content (AvgIpc) is 2.48. The van der Waals surface area contributed by atoms with Crippen LogP contribution in [0.1, 0.15) is 18.9 Å². The Morgan fingerprint density at radius 3 is 2.80 bits per heavy atom. The molecule has 102 valence electrons. The molecule has 0 atom stereocenters. The lowest BCUT2D eigenvalue weighted by Crippen LogP contribution is -2.02. The van der Waals surface area contributed by atoms with E-state index in [0.717, 1.165) is 6.42 Å². The van der Waals surface area contributed by atoms with Gasteiger partial charge in [0.2, 0.25) is 11.8 Å². The van der Waals surface area contributed by atoms with Crippen molar-refractivity contribution in [3.63, 3.8) is 0 Å². The molecule has 20 heavy (non-hydrogen) atoms. The minimum Gasteiger partial charge on any atom is -0.476 e. The molecule has 0 bridgehead atoms. The zero-order valence-corrected chi connectivity index (χ0v) is 11.2. The molecule has 0 radical (unpaired) electrons. The van der Waals surface area contributed by atoms with Crippen LogP contribution in [0.25, 0.3) is 0 Å². The molecule has 0 spiro atoms. The normalized spacial score (nSPS) is 9.80. The highest BCUT2D eigenvalue weighted by molar-refractivity contribution is 5.50. The second-order valence-corrected chi connectivity index (χ2v) is 4.10. The van der Waals surface area contributed by atoms with Gasteiger partial charge in [-0.05, 0) is 24.6 Å². The molecule has 0 unspecified atom stereocenters. The Bertz CT molecular complexity index is 635. The van der Waals surface area contributed by atoms with Gasteiger partial charge in [-0.2, -0.15) is 10.2 Å². The summed E-state index contributed by atoms with van der Waals surface area (Å²) in [5.41, 5.74) is 6.69. The Kier molecular flexibility index (Phi) is 4.40. The van der Waals surface area contributed by atoms with E-state index in [4.69, 9.17) is 20.5 Å². The number of hydrogen-bond acceptors (Lipinski definition) is 5. The van der Waals surface area contributed by atoms with E-state index in [-0.39, 0.29) is 0 Å². The number of ether oxygens (including phenoxy) is 2. The lowest BCUT2D eigenvalue weighted by atomic mass is 10.2. The number of nitriles is 1. The van der Waals surface area contributed by atoms with E-state index in [0.29, 0.717) is 35.4 Å². The molecule has 0 saturated heterocycles. The van der Waals surface area contributed by atoms with E-state index in [2.05, 4.69) is 11.1 Å². The number of nitrogens with two attached hydrogens (primary N) is 1. The van der Waals surface area contributed by atoms with Crippen LogP contribution in [0, 0.1) is 11.3 Å². The van der Waals surface area contributed by atoms with Crippen LogP contribution in [-0.4, -0.2) is 11.6 Å². The molecular weight excluding hydrogens is 254 g/mol. The third-order valence-electron chi connectivity index (χ3n) is 2.53. The van der Waals surface area contributed by atoms with Crippen LogP contribution in [0.4, 0.5) is 5.69 Å². The molecule has 1 heterocycles. The maximum absolute atomic E-state index is 9.02. The third-order valence-corrected chi connectivity index (χ3v) is 2.53. The molecule has 2 aromatic rings. The fourth-order valence-corrected chi connectivity index (χ4v) is 1.57. The van der Waals surface area contributed by atoms with E-state index in [9.17, 15) is 0 Å². The Morgan fingerprint density at radius 1 is 1.25 bits per heavy atom. The van der Waals surface area contributed by atoms with Crippen LogP contribution >= 0.6 is 0 Å². The highest BCUT2D eigenvalue weighted by Gasteiger charge is 2.08. The molecule has 0 amide bonds. The lowest BCUT2D eigenvalue weighted by molar-refractivity contribution is 0.302. The van der Waals surface area contributed by atoms with Crippen LogP contribution in [0.3, 0.4) is 0 Å². The van der Waals surface area contributed by atoms with Gasteiger partial charge in [0.15, 0.2) is 0 Å². The Balaban J connectivity index is 2.23. The molecule has 0 aliphatic rings. The zero-order chi connectivity index (χ0) is 14.4. The van der Waals surface area contributed by atoms with Gasteiger partial charge in [-0.1, -0.05) is 19.1 Å². The van der Waals surface area contributed by atoms with E-state index in [1.54, 1.807) is 36.4 Å². The fourth-order valence-electron chi connectivity index (χ4n) is 1.57. The van der Waals surface area contributed by atoms with Crippen molar-refractivity contribution >= 4 is 5.69 Å². The number of para-hydroxylation sites is 1. The number of benzene rings is 1. The molecule has 0 aliphatic heterocycles. The molecular formula is C15H15N3O2. The topological polar surface area (TPSA) is 81.2 Å². The predicted octanol–water partition coefficient (Wildman–Crippen LogP) is 3.12. The van der Waals surface area contributed by atoms with E-state index in [1.165, 1.54) is 0 Å². The summed E-state index contributed by atoms with van der Waals surface area (Å²) in [6, 6.07) is 12.3. The SMILES string of the molecule is CCCOc1nc(Oc2ccccc2C#N)ccc1N. The van der Waals surface area contributed by atoms with Crippen molar-refractivity contribution in [3.05, 3.63) is 42.0 Å². The first kappa shape index (κ1) is 13.7. The summed E-state index contributed by atoms with van der Waals surface area (Å²) >= 11 is 0. The van der Waals surface area contributed by atoms with Gasteiger partial charge in [0.05, 0.1) is 17.9 Å². The maximum atomic E-state index is 9.02. The largest absolute Gasteiger partial charge is 0.476 e. The van der Waals surface area contributed by atoms with Crippen molar-refractivity contribution < 1.29 is 9.47 Å². The zero-order valence-electron chi connectivity index (χ0n) is 11.2. The van der Waals surface area contributed by atoms with Gasteiger partial charge < -0.3 is 15.2 Å². The third kappa shape index (κ3) is 3.18. The van der Waals surface area contributed by atoms with Crippen LogP contribution in [-0.2, 0) is 0 Å². The van der Waals surface area contributed by atoms with Gasteiger partial charge in [0.25, 0.3) is 0 Å². The Morgan fingerprint density at radius 2 is 2.05 bits per heavy atom. The molecule has 2 rings (SSSR count). The quantitative estimate of drug-likeness (QED) is 0.901. The van der Waals surface area contributed by atoms with Gasteiger partial charge in [-0.15, -0.1) is 0 Å².